The van der Waals surface area contributed by atoms with Crippen molar-refractivity contribution in [1.29, 1.82) is 0 Å². The molecular weight excluding hydrogens is 218 g/mol. The Balaban J connectivity index is 3.09. The summed E-state index contributed by atoms with van der Waals surface area (Å²) in [6.07, 6.45) is 1.69. The van der Waals surface area contributed by atoms with Crippen molar-refractivity contribution in [2.75, 3.05) is 21.3 Å². The van der Waals surface area contributed by atoms with Gasteiger partial charge in [0.15, 0.2) is 11.5 Å². The van der Waals surface area contributed by atoms with Crippen LogP contribution in [0.15, 0.2) is 12.1 Å². The first-order chi connectivity index (χ1) is 8.15. The molecule has 96 valence electrons. The van der Waals surface area contributed by atoms with Gasteiger partial charge < -0.3 is 19.9 Å². The van der Waals surface area contributed by atoms with Crippen LogP contribution in [0.5, 0.6) is 17.2 Å². The highest BCUT2D eigenvalue weighted by atomic mass is 16.5. The normalized spacial score (nSPS) is 12.1. The lowest BCUT2D eigenvalue weighted by molar-refractivity contribution is 0.347. The van der Waals surface area contributed by atoms with E-state index in [1.54, 1.807) is 21.3 Å². The monoisotopic (exact) mass is 239 g/mol. The summed E-state index contributed by atoms with van der Waals surface area (Å²) < 4.78 is 15.8. The molecule has 0 aliphatic rings. The number of methoxy groups -OCH3 is 3. The summed E-state index contributed by atoms with van der Waals surface area (Å²) in [5.41, 5.74) is 7.00. The summed E-state index contributed by atoms with van der Waals surface area (Å²) in [5.74, 6) is 2.15. The van der Waals surface area contributed by atoms with Gasteiger partial charge in [-0.15, -0.1) is 0 Å². The largest absolute Gasteiger partial charge is 0.496 e. The van der Waals surface area contributed by atoms with Crippen molar-refractivity contribution in [2.24, 2.45) is 5.73 Å². The van der Waals surface area contributed by atoms with Crippen molar-refractivity contribution in [3.8, 4) is 17.2 Å². The van der Waals surface area contributed by atoms with Crippen LogP contribution < -0.4 is 19.9 Å². The van der Waals surface area contributed by atoms with Crippen LogP contribution in [-0.4, -0.2) is 27.4 Å². The molecule has 1 unspecified atom stereocenters. The van der Waals surface area contributed by atoms with Gasteiger partial charge >= 0.3 is 0 Å². The number of hydrogen-bond donors (Lipinski definition) is 1. The Morgan fingerprint density at radius 3 is 2.00 bits per heavy atom. The van der Waals surface area contributed by atoms with Gasteiger partial charge in [0.2, 0.25) is 0 Å². The minimum absolute atomic E-state index is 0.127. The van der Waals surface area contributed by atoms with Crippen LogP contribution >= 0.6 is 0 Å². The Morgan fingerprint density at radius 2 is 1.53 bits per heavy atom. The average molecular weight is 239 g/mol. The van der Waals surface area contributed by atoms with Gasteiger partial charge in [-0.1, -0.05) is 6.92 Å². The molecule has 1 aromatic carbocycles. The van der Waals surface area contributed by atoms with Crippen molar-refractivity contribution in [1.82, 2.24) is 0 Å². The van der Waals surface area contributed by atoms with E-state index < -0.39 is 0 Å². The van der Waals surface area contributed by atoms with Crippen LogP contribution in [-0.2, 0) is 6.42 Å². The van der Waals surface area contributed by atoms with Gasteiger partial charge in [-0.2, -0.15) is 0 Å². The molecule has 17 heavy (non-hydrogen) atoms. The molecule has 0 aromatic heterocycles. The summed E-state index contributed by atoms with van der Waals surface area (Å²) in [5, 5.41) is 0. The minimum Gasteiger partial charge on any atom is -0.496 e. The minimum atomic E-state index is 0.127. The molecule has 4 heteroatoms. The second kappa shape index (κ2) is 6.35. The first kappa shape index (κ1) is 13.6. The van der Waals surface area contributed by atoms with Crippen LogP contribution in [0, 0.1) is 0 Å². The Hall–Kier alpha value is -1.42. The van der Waals surface area contributed by atoms with Crippen LogP contribution in [0.4, 0.5) is 0 Å². The molecule has 0 aliphatic carbocycles. The summed E-state index contributed by atoms with van der Waals surface area (Å²) in [4.78, 5) is 0. The second-order valence-corrected chi connectivity index (χ2v) is 3.89. The van der Waals surface area contributed by atoms with Crippen molar-refractivity contribution in [3.63, 3.8) is 0 Å². The lowest BCUT2D eigenvalue weighted by Gasteiger charge is -2.16. The SMILES string of the molecule is CCC(N)Cc1cc(OC)c(OC)cc1OC. The number of hydrogen-bond acceptors (Lipinski definition) is 4. The van der Waals surface area contributed by atoms with E-state index in [1.807, 2.05) is 12.1 Å². The maximum Gasteiger partial charge on any atom is 0.164 e. The van der Waals surface area contributed by atoms with Gasteiger partial charge in [0.05, 0.1) is 21.3 Å². The first-order valence-electron chi connectivity index (χ1n) is 5.70. The average Bonchev–Trinajstić information content (AvgIpc) is 2.37. The van der Waals surface area contributed by atoms with E-state index in [9.17, 15) is 0 Å². The molecular formula is C13H21NO3. The fraction of sp³-hybridized carbons (Fsp3) is 0.538. The van der Waals surface area contributed by atoms with E-state index in [1.165, 1.54) is 0 Å². The number of nitrogens with two attached hydrogens (primary N) is 1. The van der Waals surface area contributed by atoms with Gasteiger partial charge in [0, 0.05) is 12.1 Å². The molecule has 0 saturated heterocycles. The highest BCUT2D eigenvalue weighted by molar-refractivity contribution is 5.50. The molecule has 0 heterocycles. The zero-order valence-electron chi connectivity index (χ0n) is 10.9. The van der Waals surface area contributed by atoms with Crippen molar-refractivity contribution < 1.29 is 14.2 Å². The standard InChI is InChI=1S/C13H21NO3/c1-5-10(14)6-9-7-12(16-3)13(17-4)8-11(9)15-2/h7-8,10H,5-6,14H2,1-4H3. The van der Waals surface area contributed by atoms with Crippen LogP contribution in [0.1, 0.15) is 18.9 Å². The van der Waals surface area contributed by atoms with Crippen molar-refractivity contribution in [2.45, 2.75) is 25.8 Å². The third-order valence-electron chi connectivity index (χ3n) is 2.79. The molecule has 4 nitrogen and oxygen atoms in total. The first-order valence-corrected chi connectivity index (χ1v) is 5.70. The molecule has 1 aromatic rings. The molecule has 0 fully saturated rings. The van der Waals surface area contributed by atoms with Crippen LogP contribution in [0.25, 0.3) is 0 Å². The highest BCUT2D eigenvalue weighted by Gasteiger charge is 2.13. The molecule has 1 atom stereocenters. The smallest absolute Gasteiger partial charge is 0.164 e. The predicted octanol–water partition coefficient (Wildman–Crippen LogP) is 1.99. The van der Waals surface area contributed by atoms with Gasteiger partial charge in [0.1, 0.15) is 5.75 Å². The van der Waals surface area contributed by atoms with Gasteiger partial charge in [-0.05, 0) is 24.5 Å². The quantitative estimate of drug-likeness (QED) is 0.825. The Bertz CT molecular complexity index is 366. The summed E-state index contributed by atoms with van der Waals surface area (Å²) >= 11 is 0. The molecule has 0 radical (unpaired) electrons. The van der Waals surface area contributed by atoms with E-state index in [0.717, 1.165) is 24.2 Å². The fourth-order valence-corrected chi connectivity index (χ4v) is 1.68. The number of benzene rings is 1. The second-order valence-electron chi connectivity index (χ2n) is 3.89. The summed E-state index contributed by atoms with van der Waals surface area (Å²) in [6, 6.07) is 3.88. The van der Waals surface area contributed by atoms with Crippen molar-refractivity contribution >= 4 is 0 Å². The third-order valence-corrected chi connectivity index (χ3v) is 2.79. The lowest BCUT2D eigenvalue weighted by Crippen LogP contribution is -2.21. The predicted molar refractivity (Wildman–Crippen MR) is 68.1 cm³/mol. The lowest BCUT2D eigenvalue weighted by atomic mass is 10.0. The molecule has 0 saturated carbocycles. The zero-order valence-corrected chi connectivity index (χ0v) is 10.9. The third kappa shape index (κ3) is 3.27. The molecule has 0 spiro atoms. The van der Waals surface area contributed by atoms with Gasteiger partial charge in [-0.3, -0.25) is 0 Å². The number of ether oxygens (including phenoxy) is 3. The molecule has 0 bridgehead atoms. The Morgan fingerprint density at radius 1 is 1.00 bits per heavy atom. The van der Waals surface area contributed by atoms with E-state index in [2.05, 4.69) is 6.92 Å². The van der Waals surface area contributed by atoms with Crippen molar-refractivity contribution in [3.05, 3.63) is 17.7 Å². The molecule has 0 amide bonds. The molecule has 1 rings (SSSR count). The van der Waals surface area contributed by atoms with E-state index >= 15 is 0 Å². The maximum absolute atomic E-state index is 5.96. The fourth-order valence-electron chi connectivity index (χ4n) is 1.68. The maximum atomic E-state index is 5.96. The summed E-state index contributed by atoms with van der Waals surface area (Å²) in [6.45, 7) is 2.07. The van der Waals surface area contributed by atoms with Gasteiger partial charge in [0.25, 0.3) is 0 Å². The summed E-state index contributed by atoms with van der Waals surface area (Å²) in [7, 11) is 4.87. The topological polar surface area (TPSA) is 53.7 Å². The Labute approximate surface area is 103 Å². The van der Waals surface area contributed by atoms with E-state index in [4.69, 9.17) is 19.9 Å². The molecule has 0 aliphatic heterocycles. The van der Waals surface area contributed by atoms with E-state index in [0.29, 0.717) is 11.5 Å². The van der Waals surface area contributed by atoms with Gasteiger partial charge in [-0.25, -0.2) is 0 Å². The van der Waals surface area contributed by atoms with E-state index in [-0.39, 0.29) is 6.04 Å². The number of rotatable bonds is 6. The zero-order chi connectivity index (χ0) is 12.8. The Kier molecular flexibility index (Phi) is 5.10. The highest BCUT2D eigenvalue weighted by Crippen LogP contribution is 2.35. The van der Waals surface area contributed by atoms with Crippen LogP contribution in [0.3, 0.4) is 0 Å². The molecule has 2 N–H and O–H groups in total. The van der Waals surface area contributed by atoms with Crippen LogP contribution in [0.2, 0.25) is 0 Å².